The fraction of sp³-hybridized carbons (Fsp3) is 0.357. The number of rotatable bonds is 9. The topological polar surface area (TPSA) is 61.9 Å². The summed E-state index contributed by atoms with van der Waals surface area (Å²) in [7, 11) is 4.11. The lowest BCUT2D eigenvalue weighted by atomic mass is 10.1. The lowest BCUT2D eigenvalue weighted by molar-refractivity contribution is -0.134. The summed E-state index contributed by atoms with van der Waals surface area (Å²) >= 11 is 1.37. The third kappa shape index (κ3) is 6.93. The molecule has 0 aliphatic carbocycles. The van der Waals surface area contributed by atoms with Gasteiger partial charge in [-0.1, -0.05) is 42.5 Å². The molecule has 0 bridgehead atoms. The molecule has 1 N–H and O–H groups in total. The average molecular weight is 492 g/mol. The van der Waals surface area contributed by atoms with Gasteiger partial charge in [0.2, 0.25) is 0 Å². The highest BCUT2D eigenvalue weighted by atomic mass is 32.1. The lowest BCUT2D eigenvalue weighted by Gasteiger charge is -2.26. The summed E-state index contributed by atoms with van der Waals surface area (Å²) in [4.78, 5) is 31.3. The number of likely N-dealkylation sites (N-methyl/N-ethyl adjacent to an activating group) is 1. The van der Waals surface area contributed by atoms with Crippen molar-refractivity contribution in [1.82, 2.24) is 9.80 Å². The van der Waals surface area contributed by atoms with Crippen molar-refractivity contribution in [1.29, 1.82) is 0 Å². The van der Waals surface area contributed by atoms with E-state index < -0.39 is 0 Å². The van der Waals surface area contributed by atoms with E-state index in [2.05, 4.69) is 24.3 Å². The van der Waals surface area contributed by atoms with Crippen LogP contribution in [0, 0.1) is 0 Å². The zero-order valence-electron chi connectivity index (χ0n) is 20.5. The third-order valence-corrected chi connectivity index (χ3v) is 7.25. The minimum absolute atomic E-state index is 0.0307. The number of ether oxygens (including phenoxy) is 1. The molecule has 0 radical (unpaired) electrons. The second kappa shape index (κ2) is 12.0. The molecule has 1 saturated heterocycles. The van der Waals surface area contributed by atoms with Gasteiger partial charge in [-0.15, -0.1) is 11.3 Å². The first-order valence-corrected chi connectivity index (χ1v) is 13.0. The molecule has 184 valence electrons. The number of nitrogens with zero attached hydrogens (tertiary/aromatic N) is 2. The maximum Gasteiger partial charge on any atom is 0.269 e. The summed E-state index contributed by atoms with van der Waals surface area (Å²) in [6, 6.07) is 19.7. The van der Waals surface area contributed by atoms with E-state index >= 15 is 0 Å². The van der Waals surface area contributed by atoms with Gasteiger partial charge in [0.15, 0.2) is 6.61 Å². The van der Waals surface area contributed by atoms with E-state index in [4.69, 9.17) is 4.74 Å². The molecule has 2 aromatic carbocycles. The van der Waals surface area contributed by atoms with Gasteiger partial charge in [0, 0.05) is 30.2 Å². The lowest BCUT2D eigenvalue weighted by Crippen LogP contribution is -2.38. The van der Waals surface area contributed by atoms with E-state index in [0.29, 0.717) is 10.6 Å². The molecular weight excluding hydrogens is 458 g/mol. The SMILES string of the molecule is CN(C)CCc1ccc(NC(=O)c2sc(-c3ccccc3)cc2OCC(=O)N2CCCCC2)cc1. The van der Waals surface area contributed by atoms with Gasteiger partial charge >= 0.3 is 0 Å². The van der Waals surface area contributed by atoms with Crippen molar-refractivity contribution >= 4 is 28.8 Å². The normalized spacial score (nSPS) is 13.6. The number of nitrogens with one attached hydrogen (secondary N) is 1. The summed E-state index contributed by atoms with van der Waals surface area (Å²) < 4.78 is 5.94. The molecule has 2 amide bonds. The van der Waals surface area contributed by atoms with Gasteiger partial charge in [0.1, 0.15) is 10.6 Å². The first kappa shape index (κ1) is 24.9. The van der Waals surface area contributed by atoms with Crippen molar-refractivity contribution in [3.8, 4) is 16.2 Å². The van der Waals surface area contributed by atoms with Crippen LogP contribution < -0.4 is 10.1 Å². The van der Waals surface area contributed by atoms with Crippen LogP contribution in [0.5, 0.6) is 5.75 Å². The Morgan fingerprint density at radius 3 is 2.40 bits per heavy atom. The fourth-order valence-corrected chi connectivity index (χ4v) is 5.06. The molecule has 0 spiro atoms. The molecule has 0 saturated carbocycles. The highest BCUT2D eigenvalue weighted by Crippen LogP contribution is 2.37. The number of thiophene rings is 1. The van der Waals surface area contributed by atoms with Crippen molar-refractivity contribution in [2.24, 2.45) is 0 Å². The summed E-state index contributed by atoms with van der Waals surface area (Å²) in [5.41, 5.74) is 2.96. The van der Waals surface area contributed by atoms with Crippen LogP contribution in [-0.4, -0.2) is 62.0 Å². The molecule has 1 aromatic heterocycles. The van der Waals surface area contributed by atoms with Gasteiger partial charge in [0.05, 0.1) is 0 Å². The summed E-state index contributed by atoms with van der Waals surface area (Å²) in [6.45, 7) is 2.46. The van der Waals surface area contributed by atoms with Gasteiger partial charge in [-0.3, -0.25) is 9.59 Å². The number of carbonyl (C=O) groups excluding carboxylic acids is 2. The third-order valence-electron chi connectivity index (χ3n) is 6.08. The minimum atomic E-state index is -0.237. The van der Waals surface area contributed by atoms with Gasteiger partial charge in [-0.25, -0.2) is 0 Å². The van der Waals surface area contributed by atoms with Gasteiger partial charge in [-0.05, 0) is 69.1 Å². The molecule has 35 heavy (non-hydrogen) atoms. The van der Waals surface area contributed by atoms with Crippen LogP contribution in [-0.2, 0) is 11.2 Å². The average Bonchev–Trinajstić information content (AvgIpc) is 3.32. The van der Waals surface area contributed by atoms with Crippen LogP contribution in [0.3, 0.4) is 0 Å². The number of anilines is 1. The number of benzene rings is 2. The van der Waals surface area contributed by atoms with Crippen LogP contribution in [0.2, 0.25) is 0 Å². The summed E-state index contributed by atoms with van der Waals surface area (Å²) in [5.74, 6) is 0.176. The molecular formula is C28H33N3O3S. The fourth-order valence-electron chi connectivity index (χ4n) is 4.05. The largest absolute Gasteiger partial charge is 0.482 e. The van der Waals surface area contributed by atoms with E-state index in [-0.39, 0.29) is 18.4 Å². The number of piperidine rings is 1. The Morgan fingerprint density at radius 2 is 1.71 bits per heavy atom. The van der Waals surface area contributed by atoms with E-state index in [9.17, 15) is 9.59 Å². The molecule has 1 aliphatic heterocycles. The Hall–Kier alpha value is -3.16. The monoisotopic (exact) mass is 491 g/mol. The number of amides is 2. The van der Waals surface area contributed by atoms with Crippen LogP contribution in [0.15, 0.2) is 60.7 Å². The van der Waals surface area contributed by atoms with Crippen molar-refractivity contribution in [3.05, 3.63) is 71.1 Å². The van der Waals surface area contributed by atoms with Gasteiger partial charge in [0.25, 0.3) is 11.8 Å². The number of hydrogen-bond acceptors (Lipinski definition) is 5. The van der Waals surface area contributed by atoms with E-state index in [1.165, 1.54) is 16.9 Å². The molecule has 4 rings (SSSR count). The Labute approximate surface area is 211 Å². The van der Waals surface area contributed by atoms with Crippen molar-refractivity contribution in [2.75, 3.05) is 45.7 Å². The predicted octanol–water partition coefficient (Wildman–Crippen LogP) is 5.16. The number of likely N-dealkylation sites (tertiary alicyclic amines) is 1. The van der Waals surface area contributed by atoms with E-state index in [1.54, 1.807) is 0 Å². The van der Waals surface area contributed by atoms with E-state index in [0.717, 1.165) is 61.4 Å². The standard InChI is InChI=1S/C28H33N3O3S/c1-30(2)18-15-21-11-13-23(14-12-21)29-28(33)27-24(19-25(35-27)22-9-5-3-6-10-22)34-20-26(32)31-16-7-4-8-17-31/h3,5-6,9-14,19H,4,7-8,15-18,20H2,1-2H3,(H,29,33). The van der Waals surface area contributed by atoms with E-state index in [1.807, 2.05) is 65.6 Å². The zero-order valence-corrected chi connectivity index (χ0v) is 21.3. The van der Waals surface area contributed by atoms with Gasteiger partial charge < -0.3 is 19.9 Å². The smallest absolute Gasteiger partial charge is 0.269 e. The van der Waals surface area contributed by atoms with Crippen LogP contribution in [0.1, 0.15) is 34.5 Å². The van der Waals surface area contributed by atoms with Crippen LogP contribution >= 0.6 is 11.3 Å². The highest BCUT2D eigenvalue weighted by Gasteiger charge is 2.22. The Bertz CT molecular complexity index is 1120. The first-order valence-electron chi connectivity index (χ1n) is 12.1. The molecule has 3 aromatic rings. The molecule has 0 unspecified atom stereocenters. The second-order valence-electron chi connectivity index (χ2n) is 9.10. The maximum absolute atomic E-state index is 13.2. The molecule has 7 heteroatoms. The number of carbonyl (C=O) groups is 2. The predicted molar refractivity (Wildman–Crippen MR) is 142 cm³/mol. The maximum atomic E-state index is 13.2. The highest BCUT2D eigenvalue weighted by molar-refractivity contribution is 7.17. The van der Waals surface area contributed by atoms with Crippen LogP contribution in [0.25, 0.3) is 10.4 Å². The molecule has 2 heterocycles. The van der Waals surface area contributed by atoms with Crippen molar-refractivity contribution in [2.45, 2.75) is 25.7 Å². The summed E-state index contributed by atoms with van der Waals surface area (Å²) in [5, 5.41) is 2.99. The molecule has 1 fully saturated rings. The first-order chi connectivity index (χ1) is 17.0. The molecule has 1 aliphatic rings. The van der Waals surface area contributed by atoms with Crippen LogP contribution in [0.4, 0.5) is 5.69 Å². The zero-order chi connectivity index (χ0) is 24.6. The minimum Gasteiger partial charge on any atom is -0.482 e. The Kier molecular flexibility index (Phi) is 8.55. The quantitative estimate of drug-likeness (QED) is 0.449. The molecule has 0 atom stereocenters. The molecule has 6 nitrogen and oxygen atoms in total. The Morgan fingerprint density at radius 1 is 1.00 bits per heavy atom. The van der Waals surface area contributed by atoms with Crippen molar-refractivity contribution in [3.63, 3.8) is 0 Å². The summed E-state index contributed by atoms with van der Waals surface area (Å²) in [6.07, 6.45) is 4.18. The second-order valence-corrected chi connectivity index (χ2v) is 10.2. The van der Waals surface area contributed by atoms with Gasteiger partial charge in [-0.2, -0.15) is 0 Å². The Balaban J connectivity index is 1.48. The van der Waals surface area contributed by atoms with Crippen molar-refractivity contribution < 1.29 is 14.3 Å². The number of hydrogen-bond donors (Lipinski definition) is 1.